The first-order valence-corrected chi connectivity index (χ1v) is 25.1. The van der Waals surface area contributed by atoms with E-state index in [4.69, 9.17) is 14.2 Å². The van der Waals surface area contributed by atoms with Crippen molar-refractivity contribution in [1.82, 2.24) is 0 Å². The Morgan fingerprint density at radius 2 is 0.672 bits per heavy atom. The minimum Gasteiger partial charge on any atom is -0.462 e. The number of carbonyl (C=O) groups excluding carboxylic acids is 3. The lowest BCUT2D eigenvalue weighted by molar-refractivity contribution is -0.167. The molecule has 0 aliphatic heterocycles. The molecule has 1 unspecified atom stereocenters. The van der Waals surface area contributed by atoms with Crippen molar-refractivity contribution in [1.29, 1.82) is 0 Å². The molecule has 0 aliphatic rings. The van der Waals surface area contributed by atoms with E-state index >= 15 is 0 Å². The average Bonchev–Trinajstić information content (AvgIpc) is 3.26. The Morgan fingerprint density at radius 3 is 1.08 bits per heavy atom. The SMILES string of the molecule is CC/C=C\C/C=C\C/C=C\C/C=C\C/C=C\C/C=C\CCCCCCC(=O)OCC(COC(=O)CCCCCCCCCCCC)OC(=O)CCCCCCC/C=C\CCC. The highest BCUT2D eigenvalue weighted by atomic mass is 16.6. The highest BCUT2D eigenvalue weighted by Crippen LogP contribution is 2.14. The highest BCUT2D eigenvalue weighted by molar-refractivity contribution is 5.71. The molecule has 0 rings (SSSR count). The third-order valence-electron chi connectivity index (χ3n) is 10.4. The molecule has 0 heterocycles. The summed E-state index contributed by atoms with van der Waals surface area (Å²) in [4.78, 5) is 37.8. The van der Waals surface area contributed by atoms with Gasteiger partial charge in [0.25, 0.3) is 0 Å². The number of ether oxygens (including phenoxy) is 3. The number of allylic oxidation sites excluding steroid dienone is 14. The van der Waals surface area contributed by atoms with Crippen LogP contribution in [0.5, 0.6) is 0 Å². The minimum absolute atomic E-state index is 0.0875. The van der Waals surface area contributed by atoms with Crippen LogP contribution in [0.15, 0.2) is 85.1 Å². The molecule has 0 aromatic carbocycles. The zero-order chi connectivity index (χ0) is 44.4. The van der Waals surface area contributed by atoms with E-state index in [0.29, 0.717) is 19.3 Å². The highest BCUT2D eigenvalue weighted by Gasteiger charge is 2.19. The molecule has 0 fully saturated rings. The van der Waals surface area contributed by atoms with Gasteiger partial charge < -0.3 is 14.2 Å². The zero-order valence-corrected chi connectivity index (χ0v) is 39.7. The van der Waals surface area contributed by atoms with E-state index in [1.165, 1.54) is 57.8 Å². The lowest BCUT2D eigenvalue weighted by Crippen LogP contribution is -2.30. The van der Waals surface area contributed by atoms with Crippen molar-refractivity contribution in [3.63, 3.8) is 0 Å². The van der Waals surface area contributed by atoms with Crippen LogP contribution >= 0.6 is 0 Å². The van der Waals surface area contributed by atoms with E-state index in [0.717, 1.165) is 128 Å². The van der Waals surface area contributed by atoms with Gasteiger partial charge in [0.1, 0.15) is 13.2 Å². The molecule has 0 N–H and O–H groups in total. The molecule has 0 aromatic rings. The molecule has 6 nitrogen and oxygen atoms in total. The molecular formula is C55H92O6. The second-order valence-electron chi connectivity index (χ2n) is 16.3. The smallest absolute Gasteiger partial charge is 0.306 e. The van der Waals surface area contributed by atoms with Crippen LogP contribution in [0, 0.1) is 0 Å². The van der Waals surface area contributed by atoms with E-state index in [2.05, 4.69) is 106 Å². The Bertz CT molecular complexity index is 1200. The van der Waals surface area contributed by atoms with Gasteiger partial charge in [0, 0.05) is 19.3 Å². The van der Waals surface area contributed by atoms with Gasteiger partial charge in [0.05, 0.1) is 0 Å². The maximum Gasteiger partial charge on any atom is 0.306 e. The number of hydrogen-bond donors (Lipinski definition) is 0. The quantitative estimate of drug-likeness (QED) is 0.0263. The summed E-state index contributed by atoms with van der Waals surface area (Å²) in [5.41, 5.74) is 0. The largest absolute Gasteiger partial charge is 0.462 e. The Kier molecular flexibility index (Phi) is 46.5. The first-order valence-electron chi connectivity index (χ1n) is 25.1. The maximum atomic E-state index is 12.7. The van der Waals surface area contributed by atoms with E-state index in [-0.39, 0.29) is 31.1 Å². The van der Waals surface area contributed by atoms with Crippen LogP contribution in [0.1, 0.15) is 226 Å². The number of carbonyl (C=O) groups is 3. The van der Waals surface area contributed by atoms with Crippen molar-refractivity contribution in [2.45, 2.75) is 232 Å². The minimum atomic E-state index is -0.788. The fourth-order valence-corrected chi connectivity index (χ4v) is 6.62. The molecule has 0 aromatic heterocycles. The molecule has 348 valence electrons. The summed E-state index contributed by atoms with van der Waals surface area (Å²) in [7, 11) is 0. The van der Waals surface area contributed by atoms with E-state index in [1.54, 1.807) is 0 Å². The van der Waals surface area contributed by atoms with Crippen molar-refractivity contribution in [2.24, 2.45) is 0 Å². The third kappa shape index (κ3) is 47.5. The van der Waals surface area contributed by atoms with Gasteiger partial charge >= 0.3 is 17.9 Å². The van der Waals surface area contributed by atoms with Gasteiger partial charge in [-0.25, -0.2) is 0 Å². The molecule has 0 radical (unpaired) electrons. The van der Waals surface area contributed by atoms with Crippen LogP contribution in [0.25, 0.3) is 0 Å². The Morgan fingerprint density at radius 1 is 0.344 bits per heavy atom. The van der Waals surface area contributed by atoms with Crippen molar-refractivity contribution in [3.8, 4) is 0 Å². The number of rotatable bonds is 44. The summed E-state index contributed by atoms with van der Waals surface area (Å²) < 4.78 is 16.7. The van der Waals surface area contributed by atoms with Crippen LogP contribution in [-0.2, 0) is 28.6 Å². The number of esters is 3. The molecule has 0 amide bonds. The zero-order valence-electron chi connectivity index (χ0n) is 39.7. The summed E-state index contributed by atoms with van der Waals surface area (Å²) in [6.07, 6.45) is 62.9. The second-order valence-corrected chi connectivity index (χ2v) is 16.3. The van der Waals surface area contributed by atoms with Crippen LogP contribution in [0.3, 0.4) is 0 Å². The first kappa shape index (κ1) is 57.6. The van der Waals surface area contributed by atoms with Crippen molar-refractivity contribution in [3.05, 3.63) is 85.1 Å². The molecular weight excluding hydrogens is 757 g/mol. The van der Waals surface area contributed by atoms with Crippen molar-refractivity contribution >= 4 is 17.9 Å². The monoisotopic (exact) mass is 849 g/mol. The summed E-state index contributed by atoms with van der Waals surface area (Å²) in [5.74, 6) is -0.930. The van der Waals surface area contributed by atoms with Gasteiger partial charge in [-0.2, -0.15) is 0 Å². The number of unbranched alkanes of at least 4 members (excludes halogenated alkanes) is 19. The molecule has 1 atom stereocenters. The molecule has 0 bridgehead atoms. The summed E-state index contributed by atoms with van der Waals surface area (Å²) in [5, 5.41) is 0. The predicted octanol–water partition coefficient (Wildman–Crippen LogP) is 16.4. The van der Waals surface area contributed by atoms with E-state index in [1.807, 2.05) is 0 Å². The van der Waals surface area contributed by atoms with Gasteiger partial charge in [0.2, 0.25) is 0 Å². The van der Waals surface area contributed by atoms with Crippen LogP contribution < -0.4 is 0 Å². The van der Waals surface area contributed by atoms with Gasteiger partial charge in [0.15, 0.2) is 6.10 Å². The van der Waals surface area contributed by atoms with Gasteiger partial charge in [-0.05, 0) is 89.9 Å². The molecule has 61 heavy (non-hydrogen) atoms. The topological polar surface area (TPSA) is 78.9 Å². The summed E-state index contributed by atoms with van der Waals surface area (Å²) in [6.45, 7) is 6.41. The number of hydrogen-bond acceptors (Lipinski definition) is 6. The molecule has 0 saturated carbocycles. The third-order valence-corrected chi connectivity index (χ3v) is 10.4. The van der Waals surface area contributed by atoms with Crippen LogP contribution in [0.2, 0.25) is 0 Å². The van der Waals surface area contributed by atoms with Gasteiger partial charge in [-0.3, -0.25) is 14.4 Å². The first-order chi connectivity index (χ1) is 30.0. The molecule has 0 saturated heterocycles. The van der Waals surface area contributed by atoms with E-state index in [9.17, 15) is 14.4 Å². The van der Waals surface area contributed by atoms with E-state index < -0.39 is 6.10 Å². The fraction of sp³-hybridized carbons (Fsp3) is 0.691. The maximum absolute atomic E-state index is 12.7. The van der Waals surface area contributed by atoms with Crippen molar-refractivity contribution in [2.75, 3.05) is 13.2 Å². The fourth-order valence-electron chi connectivity index (χ4n) is 6.62. The summed E-state index contributed by atoms with van der Waals surface area (Å²) >= 11 is 0. The lowest BCUT2D eigenvalue weighted by Gasteiger charge is -2.18. The Labute approximate surface area is 375 Å². The van der Waals surface area contributed by atoms with Gasteiger partial charge in [-0.15, -0.1) is 0 Å². The van der Waals surface area contributed by atoms with Gasteiger partial charge in [-0.1, -0.05) is 202 Å². The second kappa shape index (κ2) is 49.2. The normalized spacial score (nSPS) is 12.8. The lowest BCUT2D eigenvalue weighted by atomic mass is 10.1. The molecule has 0 aliphatic carbocycles. The van der Waals surface area contributed by atoms with Crippen LogP contribution in [-0.4, -0.2) is 37.2 Å². The standard InChI is InChI=1S/C55H92O6/c1-4-7-10-13-16-19-22-23-24-25-26-27-28-29-30-31-32-33-34-37-39-42-45-48-54(57)60-51-52(61-55(58)49-46-43-40-36-21-18-15-12-9-6-3)50-59-53(56)47-44-41-38-35-20-17-14-11-8-5-2/h7,10,12,15-16,19,23-24,26-27,29-30,32-33,52H,4-6,8-9,11,13-14,17-18,20-22,25,28,31,34-51H2,1-3H3/b10-7-,15-12-,19-16-,24-23-,27-26-,30-29-,33-32-. The predicted molar refractivity (Wildman–Crippen MR) is 261 cm³/mol. The van der Waals surface area contributed by atoms with Crippen LogP contribution in [0.4, 0.5) is 0 Å². The van der Waals surface area contributed by atoms with Crippen molar-refractivity contribution < 1.29 is 28.6 Å². The Balaban J connectivity index is 4.33. The molecule has 6 heteroatoms. The average molecular weight is 849 g/mol. The summed E-state index contributed by atoms with van der Waals surface area (Å²) in [6, 6.07) is 0. The Hall–Kier alpha value is -3.41. The molecule has 0 spiro atoms.